The highest BCUT2D eigenvalue weighted by molar-refractivity contribution is 5.17. The molecule has 2 aromatic rings. The molecule has 1 atom stereocenters. The molecular formula is C17H21N3. The molecule has 20 heavy (non-hydrogen) atoms. The van der Waals surface area contributed by atoms with Crippen LogP contribution in [0.2, 0.25) is 0 Å². The van der Waals surface area contributed by atoms with Gasteiger partial charge in [0.1, 0.15) is 0 Å². The quantitative estimate of drug-likeness (QED) is 0.921. The van der Waals surface area contributed by atoms with Gasteiger partial charge in [-0.15, -0.1) is 0 Å². The first-order chi connectivity index (χ1) is 9.93. The average Bonchev–Trinajstić information content (AvgIpc) is 2.55. The van der Waals surface area contributed by atoms with Crippen LogP contribution in [-0.4, -0.2) is 36.1 Å². The van der Waals surface area contributed by atoms with E-state index in [4.69, 9.17) is 0 Å². The largest absolute Gasteiger partial charge is 0.314 e. The van der Waals surface area contributed by atoms with Gasteiger partial charge in [0, 0.05) is 44.6 Å². The number of rotatable bonds is 4. The zero-order valence-corrected chi connectivity index (χ0v) is 11.7. The van der Waals surface area contributed by atoms with Crippen molar-refractivity contribution in [1.29, 1.82) is 0 Å². The molecule has 1 unspecified atom stereocenters. The van der Waals surface area contributed by atoms with Crippen LogP contribution in [0.15, 0.2) is 54.9 Å². The molecule has 1 aromatic heterocycles. The van der Waals surface area contributed by atoms with Crippen molar-refractivity contribution in [3.63, 3.8) is 0 Å². The highest BCUT2D eigenvalue weighted by atomic mass is 15.2. The summed E-state index contributed by atoms with van der Waals surface area (Å²) in [5, 5.41) is 3.49. The summed E-state index contributed by atoms with van der Waals surface area (Å²) in [6, 6.07) is 15.4. The summed E-state index contributed by atoms with van der Waals surface area (Å²) in [6.07, 6.45) is 4.94. The van der Waals surface area contributed by atoms with Gasteiger partial charge in [0.25, 0.3) is 0 Å². The highest BCUT2D eigenvalue weighted by Gasteiger charge is 2.23. The van der Waals surface area contributed by atoms with Gasteiger partial charge in [-0.1, -0.05) is 36.4 Å². The smallest absolute Gasteiger partial charge is 0.0488 e. The minimum atomic E-state index is 0.446. The molecule has 104 valence electrons. The Morgan fingerprint density at radius 2 is 2.05 bits per heavy atom. The van der Waals surface area contributed by atoms with E-state index in [0.29, 0.717) is 6.04 Å². The van der Waals surface area contributed by atoms with Crippen LogP contribution in [0.5, 0.6) is 0 Å². The average molecular weight is 267 g/mol. The molecule has 3 heteroatoms. The van der Waals surface area contributed by atoms with Gasteiger partial charge in [-0.3, -0.25) is 9.88 Å². The van der Waals surface area contributed by atoms with Crippen molar-refractivity contribution in [1.82, 2.24) is 15.2 Å². The number of piperazine rings is 1. The normalized spacial score (nSPS) is 19.9. The fourth-order valence-corrected chi connectivity index (χ4v) is 2.83. The van der Waals surface area contributed by atoms with E-state index < -0.39 is 0 Å². The summed E-state index contributed by atoms with van der Waals surface area (Å²) in [5.41, 5.74) is 2.73. The summed E-state index contributed by atoms with van der Waals surface area (Å²) >= 11 is 0. The maximum absolute atomic E-state index is 4.26. The molecule has 1 aromatic carbocycles. The summed E-state index contributed by atoms with van der Waals surface area (Å²) in [4.78, 5) is 6.83. The zero-order valence-electron chi connectivity index (χ0n) is 11.7. The monoisotopic (exact) mass is 267 g/mol. The SMILES string of the molecule is c1ccc(CCN2CCNCC2c2cccnc2)cc1. The Morgan fingerprint density at radius 3 is 2.85 bits per heavy atom. The Balaban J connectivity index is 1.67. The van der Waals surface area contributed by atoms with E-state index in [-0.39, 0.29) is 0 Å². The third-order valence-electron chi connectivity index (χ3n) is 3.95. The van der Waals surface area contributed by atoms with Crippen LogP contribution in [0.1, 0.15) is 17.2 Å². The molecular weight excluding hydrogens is 246 g/mol. The molecule has 1 aliphatic rings. The Bertz CT molecular complexity index is 512. The van der Waals surface area contributed by atoms with E-state index in [1.807, 2.05) is 18.5 Å². The van der Waals surface area contributed by atoms with Gasteiger partial charge in [-0.05, 0) is 23.6 Å². The lowest BCUT2D eigenvalue weighted by atomic mass is 10.0. The van der Waals surface area contributed by atoms with E-state index in [0.717, 1.165) is 32.6 Å². The maximum atomic E-state index is 4.26. The van der Waals surface area contributed by atoms with Gasteiger partial charge in [0.15, 0.2) is 0 Å². The van der Waals surface area contributed by atoms with Crippen LogP contribution in [0.25, 0.3) is 0 Å². The summed E-state index contributed by atoms with van der Waals surface area (Å²) in [6.45, 7) is 4.30. The summed E-state index contributed by atoms with van der Waals surface area (Å²) < 4.78 is 0. The van der Waals surface area contributed by atoms with Crippen LogP contribution in [0.4, 0.5) is 0 Å². The Kier molecular flexibility index (Phi) is 4.41. The molecule has 0 spiro atoms. The van der Waals surface area contributed by atoms with E-state index in [2.05, 4.69) is 51.6 Å². The standard InChI is InChI=1S/C17H21N3/c1-2-5-15(6-3-1)8-11-20-12-10-19-14-17(20)16-7-4-9-18-13-16/h1-7,9,13,17,19H,8,10-12,14H2. The lowest BCUT2D eigenvalue weighted by Crippen LogP contribution is -2.46. The number of pyridine rings is 1. The molecule has 0 bridgehead atoms. The van der Waals surface area contributed by atoms with Gasteiger partial charge < -0.3 is 5.32 Å². The van der Waals surface area contributed by atoms with Crippen molar-refractivity contribution in [2.24, 2.45) is 0 Å². The predicted octanol–water partition coefficient (Wildman–Crippen LogP) is 2.27. The van der Waals surface area contributed by atoms with E-state index in [9.17, 15) is 0 Å². The fraction of sp³-hybridized carbons (Fsp3) is 0.353. The minimum absolute atomic E-state index is 0.446. The lowest BCUT2D eigenvalue weighted by molar-refractivity contribution is 0.164. The van der Waals surface area contributed by atoms with Gasteiger partial charge >= 0.3 is 0 Å². The lowest BCUT2D eigenvalue weighted by Gasteiger charge is -2.36. The third-order valence-corrected chi connectivity index (χ3v) is 3.95. The topological polar surface area (TPSA) is 28.2 Å². The van der Waals surface area contributed by atoms with Crippen molar-refractivity contribution in [2.75, 3.05) is 26.2 Å². The van der Waals surface area contributed by atoms with Gasteiger partial charge in [0.05, 0.1) is 0 Å². The molecule has 0 aliphatic carbocycles. The van der Waals surface area contributed by atoms with E-state index >= 15 is 0 Å². The number of aromatic nitrogens is 1. The second kappa shape index (κ2) is 6.64. The number of hydrogen-bond acceptors (Lipinski definition) is 3. The van der Waals surface area contributed by atoms with Crippen molar-refractivity contribution >= 4 is 0 Å². The molecule has 0 radical (unpaired) electrons. The summed E-state index contributed by atoms with van der Waals surface area (Å²) in [7, 11) is 0. The molecule has 1 saturated heterocycles. The maximum Gasteiger partial charge on any atom is 0.0488 e. The fourth-order valence-electron chi connectivity index (χ4n) is 2.83. The number of nitrogens with zero attached hydrogens (tertiary/aromatic N) is 2. The van der Waals surface area contributed by atoms with Crippen LogP contribution in [0.3, 0.4) is 0 Å². The van der Waals surface area contributed by atoms with Crippen LogP contribution >= 0.6 is 0 Å². The molecule has 0 amide bonds. The molecule has 1 N–H and O–H groups in total. The van der Waals surface area contributed by atoms with E-state index in [1.54, 1.807) is 0 Å². The number of benzene rings is 1. The Labute approximate surface area is 120 Å². The van der Waals surface area contributed by atoms with Crippen LogP contribution < -0.4 is 5.32 Å². The molecule has 3 nitrogen and oxygen atoms in total. The van der Waals surface area contributed by atoms with Gasteiger partial charge in [-0.2, -0.15) is 0 Å². The van der Waals surface area contributed by atoms with Crippen LogP contribution in [0, 0.1) is 0 Å². The second-order valence-electron chi connectivity index (χ2n) is 5.28. The highest BCUT2D eigenvalue weighted by Crippen LogP contribution is 2.21. The third kappa shape index (κ3) is 3.24. The Morgan fingerprint density at radius 1 is 1.15 bits per heavy atom. The first kappa shape index (κ1) is 13.3. The van der Waals surface area contributed by atoms with Gasteiger partial charge in [0.2, 0.25) is 0 Å². The molecule has 2 heterocycles. The van der Waals surface area contributed by atoms with Crippen molar-refractivity contribution in [3.8, 4) is 0 Å². The zero-order chi connectivity index (χ0) is 13.6. The van der Waals surface area contributed by atoms with Crippen molar-refractivity contribution in [2.45, 2.75) is 12.5 Å². The molecule has 1 fully saturated rings. The number of nitrogens with one attached hydrogen (secondary N) is 1. The predicted molar refractivity (Wildman–Crippen MR) is 81.6 cm³/mol. The first-order valence-corrected chi connectivity index (χ1v) is 7.32. The molecule has 3 rings (SSSR count). The minimum Gasteiger partial charge on any atom is -0.314 e. The number of hydrogen-bond donors (Lipinski definition) is 1. The van der Waals surface area contributed by atoms with Gasteiger partial charge in [-0.25, -0.2) is 0 Å². The second-order valence-corrected chi connectivity index (χ2v) is 5.28. The van der Waals surface area contributed by atoms with Crippen molar-refractivity contribution < 1.29 is 0 Å². The summed E-state index contributed by atoms with van der Waals surface area (Å²) in [5.74, 6) is 0. The molecule has 1 aliphatic heterocycles. The van der Waals surface area contributed by atoms with Crippen molar-refractivity contribution in [3.05, 3.63) is 66.0 Å². The molecule has 0 saturated carbocycles. The first-order valence-electron chi connectivity index (χ1n) is 7.32. The Hall–Kier alpha value is -1.71. The van der Waals surface area contributed by atoms with E-state index in [1.165, 1.54) is 11.1 Å². The van der Waals surface area contributed by atoms with Crippen LogP contribution in [-0.2, 0) is 6.42 Å².